The number of isocyanates is 1. The molecule has 0 atom stereocenters. The van der Waals surface area contributed by atoms with Crippen molar-refractivity contribution < 1.29 is 27.5 Å². The van der Waals surface area contributed by atoms with Crippen molar-refractivity contribution in [3.8, 4) is 5.75 Å². The maximum absolute atomic E-state index is 12.0. The lowest BCUT2D eigenvalue weighted by Crippen LogP contribution is -2.40. The Kier molecular flexibility index (Phi) is 6.83. The van der Waals surface area contributed by atoms with Crippen LogP contribution < -0.4 is 15.0 Å². The van der Waals surface area contributed by atoms with E-state index in [1.165, 1.54) is 37.3 Å². The lowest BCUT2D eigenvalue weighted by atomic mass is 10.3. The molecule has 0 aliphatic heterocycles. The number of methoxy groups -OCH3 is 1. The van der Waals surface area contributed by atoms with E-state index in [-0.39, 0.29) is 22.4 Å². The molecule has 1 amide bonds. The van der Waals surface area contributed by atoms with Gasteiger partial charge in [0.25, 0.3) is 16.1 Å². The van der Waals surface area contributed by atoms with Gasteiger partial charge in [-0.15, -0.1) is 0 Å². The van der Waals surface area contributed by atoms with Crippen molar-refractivity contribution >= 4 is 45.2 Å². The second-order valence-electron chi connectivity index (χ2n) is 4.20. The molecule has 1 N–H and O–H groups in total. The molecule has 0 saturated heterocycles. The van der Waals surface area contributed by atoms with Gasteiger partial charge in [-0.3, -0.25) is 5.32 Å². The Labute approximate surface area is 144 Å². The number of rotatable bonds is 5. The quantitative estimate of drug-likeness (QED) is 0.465. The monoisotopic (exact) mass is 373 g/mol. The van der Waals surface area contributed by atoms with E-state index in [4.69, 9.17) is 21.7 Å². The number of carbonyl (C=O) groups excluding carboxylic acids is 2. The standard InChI is InChI=1S/C13H15N3O6S2/c1-4-22-13(18)15-12(23)16(2)9-5-6-10(21-3)11(7-9)24(19,20)14-8-17/h5-7H,4H2,1-3H3,(H,15,18,23). The van der Waals surface area contributed by atoms with Gasteiger partial charge in [0.15, 0.2) is 5.11 Å². The van der Waals surface area contributed by atoms with Crippen LogP contribution in [0.4, 0.5) is 10.5 Å². The Morgan fingerprint density at radius 3 is 2.67 bits per heavy atom. The minimum Gasteiger partial charge on any atom is -0.495 e. The average Bonchev–Trinajstić information content (AvgIpc) is 2.53. The highest BCUT2D eigenvalue weighted by Crippen LogP contribution is 2.29. The van der Waals surface area contributed by atoms with Crippen LogP contribution in [0.15, 0.2) is 27.5 Å². The van der Waals surface area contributed by atoms with Gasteiger partial charge in [-0.2, -0.15) is 8.42 Å². The van der Waals surface area contributed by atoms with Gasteiger partial charge in [0.05, 0.1) is 13.7 Å². The first-order valence-corrected chi connectivity index (χ1v) is 8.35. The molecule has 0 radical (unpaired) electrons. The Morgan fingerprint density at radius 2 is 2.12 bits per heavy atom. The topological polar surface area (TPSA) is 114 Å². The van der Waals surface area contributed by atoms with Crippen molar-refractivity contribution in [2.75, 3.05) is 25.7 Å². The fourth-order valence-electron chi connectivity index (χ4n) is 1.63. The third-order valence-corrected chi connectivity index (χ3v) is 4.32. The normalized spacial score (nSPS) is 10.3. The molecule has 0 aliphatic rings. The predicted octanol–water partition coefficient (Wildman–Crippen LogP) is 1.19. The zero-order valence-electron chi connectivity index (χ0n) is 13.1. The van der Waals surface area contributed by atoms with Crippen LogP contribution in [0.3, 0.4) is 0 Å². The summed E-state index contributed by atoms with van der Waals surface area (Å²) in [6.07, 6.45) is 0.253. The number of anilines is 1. The number of sulfonamides is 1. The van der Waals surface area contributed by atoms with Gasteiger partial charge in [-0.25, -0.2) is 9.59 Å². The molecule has 130 valence electrons. The summed E-state index contributed by atoms with van der Waals surface area (Å²) < 4.78 is 36.4. The fourth-order valence-corrected chi connectivity index (χ4v) is 2.69. The molecule has 0 bridgehead atoms. The summed E-state index contributed by atoms with van der Waals surface area (Å²) in [6, 6.07) is 4.09. The van der Waals surface area contributed by atoms with Gasteiger partial charge in [-0.1, -0.05) is 4.40 Å². The summed E-state index contributed by atoms with van der Waals surface area (Å²) in [5.41, 5.74) is 0.317. The number of nitrogens with one attached hydrogen (secondary N) is 1. The summed E-state index contributed by atoms with van der Waals surface area (Å²) in [5, 5.41) is 2.31. The van der Waals surface area contributed by atoms with Crippen LogP contribution in [-0.2, 0) is 19.6 Å². The van der Waals surface area contributed by atoms with E-state index < -0.39 is 16.1 Å². The molecule has 0 saturated carbocycles. The molecule has 1 aromatic carbocycles. The summed E-state index contributed by atoms with van der Waals surface area (Å²) >= 11 is 5.05. The molecule has 24 heavy (non-hydrogen) atoms. The van der Waals surface area contributed by atoms with E-state index in [0.29, 0.717) is 5.69 Å². The van der Waals surface area contributed by atoms with E-state index in [9.17, 15) is 18.0 Å². The maximum atomic E-state index is 12.0. The van der Waals surface area contributed by atoms with Crippen molar-refractivity contribution in [3.05, 3.63) is 18.2 Å². The summed E-state index contributed by atoms with van der Waals surface area (Å²) in [7, 11) is -1.49. The van der Waals surface area contributed by atoms with Crippen molar-refractivity contribution in [2.24, 2.45) is 4.40 Å². The molecule has 0 spiro atoms. The third-order valence-electron chi connectivity index (χ3n) is 2.76. The van der Waals surface area contributed by atoms with E-state index in [0.717, 1.165) is 6.08 Å². The smallest absolute Gasteiger partial charge is 0.413 e. The molecule has 0 aromatic heterocycles. The Balaban J connectivity index is 3.20. The molecule has 11 heteroatoms. The molecule has 0 fully saturated rings. The second kappa shape index (κ2) is 8.39. The van der Waals surface area contributed by atoms with Crippen molar-refractivity contribution in [2.45, 2.75) is 11.8 Å². The molecule has 0 unspecified atom stereocenters. The molecule has 9 nitrogen and oxygen atoms in total. The van der Waals surface area contributed by atoms with Gasteiger partial charge < -0.3 is 14.4 Å². The SMILES string of the molecule is CCOC(=O)NC(=S)N(C)c1ccc(OC)c(S(=O)(=O)N=C=O)c1. The molecule has 1 aromatic rings. The maximum Gasteiger partial charge on any atom is 0.413 e. The summed E-state index contributed by atoms with van der Waals surface area (Å²) in [4.78, 5) is 22.7. The van der Waals surface area contributed by atoms with Crippen molar-refractivity contribution in [1.29, 1.82) is 0 Å². The first-order valence-electron chi connectivity index (χ1n) is 6.50. The number of thiocarbonyl (C=S) groups is 1. The summed E-state index contributed by atoms with van der Waals surface area (Å²) in [5.74, 6) is -0.00424. The van der Waals surface area contributed by atoms with E-state index in [1.54, 1.807) is 6.92 Å². The van der Waals surface area contributed by atoms with E-state index in [2.05, 4.69) is 9.71 Å². The minimum atomic E-state index is -4.27. The molecular weight excluding hydrogens is 358 g/mol. The highest BCUT2D eigenvalue weighted by Gasteiger charge is 2.21. The van der Waals surface area contributed by atoms with Gasteiger partial charge in [0.2, 0.25) is 0 Å². The largest absolute Gasteiger partial charge is 0.495 e. The lowest BCUT2D eigenvalue weighted by molar-refractivity contribution is 0.158. The van der Waals surface area contributed by atoms with Crippen molar-refractivity contribution in [1.82, 2.24) is 5.32 Å². The fraction of sp³-hybridized carbons (Fsp3) is 0.308. The van der Waals surface area contributed by atoms with Crippen molar-refractivity contribution in [3.63, 3.8) is 0 Å². The zero-order valence-corrected chi connectivity index (χ0v) is 14.7. The number of amides is 1. The Morgan fingerprint density at radius 1 is 1.46 bits per heavy atom. The highest BCUT2D eigenvalue weighted by atomic mass is 32.2. The molecule has 1 rings (SSSR count). The first kappa shape index (κ1) is 19.6. The van der Waals surface area contributed by atoms with Crippen LogP contribution in [0.25, 0.3) is 0 Å². The number of ether oxygens (including phenoxy) is 2. The lowest BCUT2D eigenvalue weighted by Gasteiger charge is -2.21. The van der Waals surface area contributed by atoms with Gasteiger partial charge in [0, 0.05) is 12.7 Å². The zero-order chi connectivity index (χ0) is 18.3. The predicted molar refractivity (Wildman–Crippen MR) is 89.5 cm³/mol. The van der Waals surface area contributed by atoms with Crippen LogP contribution >= 0.6 is 12.2 Å². The highest BCUT2D eigenvalue weighted by molar-refractivity contribution is 7.90. The average molecular weight is 373 g/mol. The van der Waals surface area contributed by atoms with E-state index >= 15 is 0 Å². The number of alkyl carbamates (subject to hydrolysis) is 1. The van der Waals surface area contributed by atoms with Crippen LogP contribution in [0.2, 0.25) is 0 Å². The number of benzene rings is 1. The van der Waals surface area contributed by atoms with Crippen LogP contribution in [0.5, 0.6) is 5.75 Å². The van der Waals surface area contributed by atoms with Crippen LogP contribution in [-0.4, -0.2) is 46.5 Å². The van der Waals surface area contributed by atoms with Crippen LogP contribution in [0, 0.1) is 0 Å². The number of hydrogen-bond acceptors (Lipinski definition) is 7. The van der Waals surface area contributed by atoms with Gasteiger partial charge in [0.1, 0.15) is 10.6 Å². The Hall–Kier alpha value is -2.49. The molecular formula is C13H15N3O6S2. The van der Waals surface area contributed by atoms with Gasteiger partial charge in [-0.05, 0) is 37.3 Å². The van der Waals surface area contributed by atoms with Gasteiger partial charge >= 0.3 is 6.09 Å². The number of carbonyl (C=O) groups is 1. The summed E-state index contributed by atoms with van der Waals surface area (Å²) in [6.45, 7) is 1.81. The van der Waals surface area contributed by atoms with E-state index in [1.807, 2.05) is 0 Å². The first-order chi connectivity index (χ1) is 11.3. The second-order valence-corrected chi connectivity index (χ2v) is 6.16. The number of nitrogens with zero attached hydrogens (tertiary/aromatic N) is 2. The minimum absolute atomic E-state index is 0.00424. The third kappa shape index (κ3) is 4.75. The molecule has 0 heterocycles. The van der Waals surface area contributed by atoms with Crippen LogP contribution in [0.1, 0.15) is 6.92 Å². The number of hydrogen-bond donors (Lipinski definition) is 1. The molecule has 0 aliphatic carbocycles. The Bertz CT molecular complexity index is 787.